The lowest BCUT2D eigenvalue weighted by atomic mass is 10.4. The van der Waals surface area contributed by atoms with E-state index >= 15 is 0 Å². The number of nitrogens with zero attached hydrogens (tertiary/aromatic N) is 2. The minimum atomic E-state index is 0.554. The number of rotatable bonds is 3. The van der Waals surface area contributed by atoms with E-state index in [1.165, 1.54) is 0 Å². The van der Waals surface area contributed by atoms with Crippen LogP contribution in [0.5, 0.6) is 0 Å². The summed E-state index contributed by atoms with van der Waals surface area (Å²) in [4.78, 5) is 0. The van der Waals surface area contributed by atoms with Crippen molar-refractivity contribution in [2.45, 2.75) is 20.5 Å². The van der Waals surface area contributed by atoms with Crippen LogP contribution in [0.25, 0.3) is 0 Å². The number of ether oxygens (including phenoxy) is 1. The van der Waals surface area contributed by atoms with Gasteiger partial charge in [0.2, 0.25) is 0 Å². The molecule has 4 heteroatoms. The number of hydrogen-bond donors (Lipinski definition) is 1. The van der Waals surface area contributed by atoms with Crippen molar-refractivity contribution in [1.29, 1.82) is 0 Å². The second-order valence-electron chi connectivity index (χ2n) is 1.99. The molecule has 10 heavy (non-hydrogen) atoms. The number of hydrogen-bond acceptors (Lipinski definition) is 3. The second-order valence-corrected chi connectivity index (χ2v) is 1.99. The average molecular weight is 141 g/mol. The Balaban J connectivity index is 2.49. The van der Waals surface area contributed by atoms with Crippen LogP contribution < -0.4 is 0 Å². The average Bonchev–Trinajstić information content (AvgIpc) is 2.31. The van der Waals surface area contributed by atoms with E-state index in [1.54, 1.807) is 0 Å². The van der Waals surface area contributed by atoms with E-state index in [9.17, 15) is 0 Å². The van der Waals surface area contributed by atoms with Gasteiger partial charge < -0.3 is 4.74 Å². The fourth-order valence-corrected chi connectivity index (χ4v) is 0.641. The molecule has 0 saturated carbocycles. The van der Waals surface area contributed by atoms with E-state index in [0.29, 0.717) is 13.2 Å². The zero-order valence-corrected chi connectivity index (χ0v) is 6.22. The summed E-state index contributed by atoms with van der Waals surface area (Å²) in [7, 11) is 0. The predicted molar refractivity (Wildman–Crippen MR) is 36.4 cm³/mol. The number of aromatic nitrogens is 3. The molecule has 0 aromatic carbocycles. The van der Waals surface area contributed by atoms with E-state index in [4.69, 9.17) is 4.74 Å². The molecule has 1 heterocycles. The quantitative estimate of drug-likeness (QED) is 0.672. The first-order valence-electron chi connectivity index (χ1n) is 3.28. The number of aromatic amines is 1. The van der Waals surface area contributed by atoms with Crippen LogP contribution in [-0.4, -0.2) is 22.0 Å². The normalized spacial score (nSPS) is 10.2. The van der Waals surface area contributed by atoms with Crippen molar-refractivity contribution in [3.8, 4) is 0 Å². The Morgan fingerprint density at radius 2 is 2.30 bits per heavy atom. The Hall–Kier alpha value is -0.900. The number of H-pyrrole nitrogens is 1. The van der Waals surface area contributed by atoms with Gasteiger partial charge in [-0.3, -0.25) is 0 Å². The van der Waals surface area contributed by atoms with Crippen LogP contribution in [0.3, 0.4) is 0 Å². The van der Waals surface area contributed by atoms with Gasteiger partial charge in [0.25, 0.3) is 0 Å². The van der Waals surface area contributed by atoms with Crippen LogP contribution in [0.1, 0.15) is 18.3 Å². The van der Waals surface area contributed by atoms with E-state index in [-0.39, 0.29) is 0 Å². The van der Waals surface area contributed by atoms with Gasteiger partial charge in [0.1, 0.15) is 5.69 Å². The molecule has 0 spiro atoms. The summed E-state index contributed by atoms with van der Waals surface area (Å²) in [6.07, 6.45) is 0. The SMILES string of the molecule is CCOCc1n[nH]nc1C. The summed E-state index contributed by atoms with van der Waals surface area (Å²) < 4.78 is 5.14. The van der Waals surface area contributed by atoms with E-state index in [2.05, 4.69) is 15.4 Å². The molecule has 0 unspecified atom stereocenters. The zero-order chi connectivity index (χ0) is 7.40. The molecule has 0 saturated heterocycles. The topological polar surface area (TPSA) is 50.8 Å². The molecular weight excluding hydrogens is 130 g/mol. The van der Waals surface area contributed by atoms with Gasteiger partial charge in [-0.1, -0.05) is 0 Å². The van der Waals surface area contributed by atoms with Crippen molar-refractivity contribution in [2.75, 3.05) is 6.61 Å². The Morgan fingerprint density at radius 3 is 2.80 bits per heavy atom. The molecule has 0 amide bonds. The van der Waals surface area contributed by atoms with Gasteiger partial charge in [0.05, 0.1) is 12.3 Å². The lowest BCUT2D eigenvalue weighted by Crippen LogP contribution is -1.93. The van der Waals surface area contributed by atoms with Crippen LogP contribution >= 0.6 is 0 Å². The third-order valence-corrected chi connectivity index (χ3v) is 1.26. The molecular formula is C6H11N3O. The van der Waals surface area contributed by atoms with Gasteiger partial charge in [-0.15, -0.1) is 0 Å². The van der Waals surface area contributed by atoms with Gasteiger partial charge in [0.15, 0.2) is 0 Å². The van der Waals surface area contributed by atoms with Gasteiger partial charge in [0, 0.05) is 6.61 Å². The minimum Gasteiger partial charge on any atom is -0.375 e. The van der Waals surface area contributed by atoms with Crippen molar-refractivity contribution in [3.63, 3.8) is 0 Å². The van der Waals surface area contributed by atoms with Gasteiger partial charge in [-0.2, -0.15) is 15.4 Å². The molecule has 1 aromatic rings. The summed E-state index contributed by atoms with van der Waals surface area (Å²) >= 11 is 0. The van der Waals surface area contributed by atoms with E-state index in [1.807, 2.05) is 13.8 Å². The molecule has 4 nitrogen and oxygen atoms in total. The van der Waals surface area contributed by atoms with Crippen molar-refractivity contribution >= 4 is 0 Å². The highest BCUT2D eigenvalue weighted by atomic mass is 16.5. The van der Waals surface area contributed by atoms with Crippen molar-refractivity contribution in [3.05, 3.63) is 11.4 Å². The molecule has 1 rings (SSSR count). The molecule has 0 atom stereocenters. The lowest BCUT2D eigenvalue weighted by molar-refractivity contribution is 0.131. The molecule has 0 radical (unpaired) electrons. The largest absolute Gasteiger partial charge is 0.375 e. The van der Waals surface area contributed by atoms with E-state index < -0.39 is 0 Å². The van der Waals surface area contributed by atoms with Crippen LogP contribution in [0.4, 0.5) is 0 Å². The minimum absolute atomic E-state index is 0.554. The fraction of sp³-hybridized carbons (Fsp3) is 0.667. The summed E-state index contributed by atoms with van der Waals surface area (Å²) in [5.41, 5.74) is 1.80. The Kier molecular flexibility index (Phi) is 2.39. The molecule has 0 bridgehead atoms. The Labute approximate surface area is 59.6 Å². The predicted octanol–water partition coefficient (Wildman–Crippen LogP) is 0.650. The third kappa shape index (κ3) is 1.54. The standard InChI is InChI=1S/C6H11N3O/c1-3-10-4-6-5(2)7-9-8-6/h3-4H2,1-2H3,(H,7,8,9). The number of aryl methyl sites for hydroxylation is 1. The number of nitrogens with one attached hydrogen (secondary N) is 1. The molecule has 0 fully saturated rings. The smallest absolute Gasteiger partial charge is 0.111 e. The van der Waals surface area contributed by atoms with Gasteiger partial charge in [-0.25, -0.2) is 0 Å². The molecule has 56 valence electrons. The fourth-order valence-electron chi connectivity index (χ4n) is 0.641. The first-order chi connectivity index (χ1) is 4.84. The van der Waals surface area contributed by atoms with Crippen molar-refractivity contribution < 1.29 is 4.74 Å². The maximum Gasteiger partial charge on any atom is 0.111 e. The third-order valence-electron chi connectivity index (χ3n) is 1.26. The maximum atomic E-state index is 5.14. The van der Waals surface area contributed by atoms with E-state index in [0.717, 1.165) is 11.4 Å². The summed E-state index contributed by atoms with van der Waals surface area (Å²) in [5, 5.41) is 10.3. The molecule has 1 aromatic heterocycles. The lowest BCUT2D eigenvalue weighted by Gasteiger charge is -1.95. The highest BCUT2D eigenvalue weighted by molar-refractivity contribution is 5.03. The van der Waals surface area contributed by atoms with Crippen LogP contribution in [0.15, 0.2) is 0 Å². The van der Waals surface area contributed by atoms with Gasteiger partial charge >= 0.3 is 0 Å². The summed E-state index contributed by atoms with van der Waals surface area (Å²) in [5.74, 6) is 0. The maximum absolute atomic E-state index is 5.14. The van der Waals surface area contributed by atoms with Gasteiger partial charge in [-0.05, 0) is 13.8 Å². The van der Waals surface area contributed by atoms with Crippen molar-refractivity contribution in [2.24, 2.45) is 0 Å². The molecule has 0 aliphatic carbocycles. The van der Waals surface area contributed by atoms with Crippen molar-refractivity contribution in [1.82, 2.24) is 15.4 Å². The Morgan fingerprint density at radius 1 is 1.50 bits per heavy atom. The first-order valence-corrected chi connectivity index (χ1v) is 3.28. The molecule has 1 N–H and O–H groups in total. The Bertz CT molecular complexity index is 197. The van der Waals surface area contributed by atoms with Crippen LogP contribution in [0.2, 0.25) is 0 Å². The molecule has 0 aliphatic rings. The highest BCUT2D eigenvalue weighted by Gasteiger charge is 2.00. The molecule has 0 aliphatic heterocycles. The summed E-state index contributed by atoms with van der Waals surface area (Å²) in [6.45, 7) is 5.12. The second kappa shape index (κ2) is 3.31. The van der Waals surface area contributed by atoms with Crippen LogP contribution in [-0.2, 0) is 11.3 Å². The first kappa shape index (κ1) is 7.21. The zero-order valence-electron chi connectivity index (χ0n) is 6.22. The highest BCUT2D eigenvalue weighted by Crippen LogP contribution is 1.99. The summed E-state index contributed by atoms with van der Waals surface area (Å²) in [6, 6.07) is 0. The monoisotopic (exact) mass is 141 g/mol. The van der Waals surface area contributed by atoms with Crippen LogP contribution in [0, 0.1) is 6.92 Å².